The van der Waals surface area contributed by atoms with E-state index >= 15 is 0 Å². The van der Waals surface area contributed by atoms with Gasteiger partial charge in [-0.3, -0.25) is 4.79 Å². The van der Waals surface area contributed by atoms with Crippen LogP contribution in [0.4, 0.5) is 5.82 Å². The van der Waals surface area contributed by atoms with Gasteiger partial charge in [-0.15, -0.1) is 10.2 Å². The van der Waals surface area contributed by atoms with E-state index in [0.717, 1.165) is 17.1 Å². The zero-order valence-corrected chi connectivity index (χ0v) is 16.9. The lowest BCUT2D eigenvalue weighted by molar-refractivity contribution is 0.0746. The molecule has 1 amide bonds. The Morgan fingerprint density at radius 2 is 1.63 bits per heavy atom. The first kappa shape index (κ1) is 18.7. The Morgan fingerprint density at radius 1 is 0.867 bits per heavy atom. The lowest BCUT2D eigenvalue weighted by Gasteiger charge is -2.35. The normalized spacial score (nSPS) is 15.4. The average molecular weight is 423 g/mol. The fraction of sp³-hybridized carbons (Fsp3) is 0.227. The Hall–Kier alpha value is -3.32. The van der Waals surface area contributed by atoms with Crippen LogP contribution in [0.3, 0.4) is 0 Å². The number of hydrogen-bond acceptors (Lipinski definition) is 6. The van der Waals surface area contributed by atoms with Gasteiger partial charge >= 0.3 is 0 Å². The maximum absolute atomic E-state index is 12.8. The van der Waals surface area contributed by atoms with E-state index in [-0.39, 0.29) is 12.7 Å². The molecule has 1 fully saturated rings. The number of piperazine rings is 1. The third-order valence-electron chi connectivity index (χ3n) is 5.30. The minimum Gasteiger partial charge on any atom is -0.454 e. The molecular formula is C22H19ClN4O3. The quantitative estimate of drug-likeness (QED) is 0.643. The molecular weight excluding hydrogens is 404 g/mol. The monoisotopic (exact) mass is 422 g/mol. The number of carbonyl (C=O) groups is 1. The molecule has 0 atom stereocenters. The van der Waals surface area contributed by atoms with Gasteiger partial charge in [-0.25, -0.2) is 0 Å². The molecule has 2 aliphatic heterocycles. The number of carbonyl (C=O) groups excluding carboxylic acids is 1. The molecule has 152 valence electrons. The molecule has 0 unspecified atom stereocenters. The highest BCUT2D eigenvalue weighted by Gasteiger charge is 2.25. The molecule has 0 radical (unpaired) electrons. The number of benzene rings is 2. The van der Waals surface area contributed by atoms with Crippen molar-refractivity contribution in [1.29, 1.82) is 0 Å². The number of fused-ring (bicyclic) bond motifs is 1. The van der Waals surface area contributed by atoms with E-state index < -0.39 is 0 Å². The number of rotatable bonds is 3. The summed E-state index contributed by atoms with van der Waals surface area (Å²) < 4.78 is 10.7. The fourth-order valence-corrected chi connectivity index (χ4v) is 3.75. The van der Waals surface area contributed by atoms with Crippen LogP contribution in [0.5, 0.6) is 11.5 Å². The molecule has 0 spiro atoms. The van der Waals surface area contributed by atoms with Gasteiger partial charge < -0.3 is 19.3 Å². The van der Waals surface area contributed by atoms with E-state index in [4.69, 9.17) is 21.1 Å². The van der Waals surface area contributed by atoms with Crippen molar-refractivity contribution in [1.82, 2.24) is 15.1 Å². The number of halogens is 1. The van der Waals surface area contributed by atoms with Crippen LogP contribution >= 0.6 is 11.6 Å². The Morgan fingerprint density at radius 3 is 2.37 bits per heavy atom. The first-order valence-electron chi connectivity index (χ1n) is 9.71. The van der Waals surface area contributed by atoms with Crippen LogP contribution in [0.2, 0.25) is 5.02 Å². The molecule has 0 aliphatic carbocycles. The van der Waals surface area contributed by atoms with Crippen LogP contribution in [0.1, 0.15) is 10.4 Å². The lowest BCUT2D eigenvalue weighted by atomic mass is 10.1. The van der Waals surface area contributed by atoms with Gasteiger partial charge in [0.1, 0.15) is 0 Å². The number of ether oxygens (including phenoxy) is 2. The van der Waals surface area contributed by atoms with Gasteiger partial charge in [-0.05, 0) is 42.5 Å². The minimum atomic E-state index is -0.00267. The zero-order chi connectivity index (χ0) is 20.5. The number of aromatic nitrogens is 2. The SMILES string of the molecule is O=C(c1ccc2c(c1)OCO2)N1CCN(c2ccc(-c3ccc(Cl)cc3)nn2)CC1. The van der Waals surface area contributed by atoms with Gasteiger partial charge in [0.25, 0.3) is 5.91 Å². The van der Waals surface area contributed by atoms with Crippen molar-refractivity contribution in [3.8, 4) is 22.8 Å². The molecule has 3 heterocycles. The summed E-state index contributed by atoms with van der Waals surface area (Å²) in [6.45, 7) is 2.84. The first-order chi connectivity index (χ1) is 14.7. The number of hydrogen-bond donors (Lipinski definition) is 0. The standard InChI is InChI=1S/C22H19ClN4O3/c23-17-4-1-15(2-5-17)18-6-8-21(25-24-18)26-9-11-27(12-10-26)22(28)16-3-7-19-20(13-16)30-14-29-19/h1-8,13H,9-12,14H2. The van der Waals surface area contributed by atoms with E-state index in [9.17, 15) is 4.79 Å². The van der Waals surface area contributed by atoms with Crippen molar-refractivity contribution in [2.45, 2.75) is 0 Å². The summed E-state index contributed by atoms with van der Waals surface area (Å²) >= 11 is 5.94. The summed E-state index contributed by atoms with van der Waals surface area (Å²) in [5.74, 6) is 2.10. The zero-order valence-electron chi connectivity index (χ0n) is 16.1. The van der Waals surface area contributed by atoms with Gasteiger partial charge in [0, 0.05) is 42.3 Å². The Balaban J connectivity index is 1.22. The molecule has 3 aromatic rings. The van der Waals surface area contributed by atoms with Crippen LogP contribution in [-0.2, 0) is 0 Å². The maximum Gasteiger partial charge on any atom is 0.254 e. The van der Waals surface area contributed by atoms with E-state index in [1.807, 2.05) is 41.3 Å². The van der Waals surface area contributed by atoms with Gasteiger partial charge in [0.15, 0.2) is 17.3 Å². The number of nitrogens with zero attached hydrogens (tertiary/aromatic N) is 4. The summed E-state index contributed by atoms with van der Waals surface area (Å²) in [5, 5.41) is 9.42. The highest BCUT2D eigenvalue weighted by Crippen LogP contribution is 2.33. The predicted molar refractivity (Wildman–Crippen MR) is 113 cm³/mol. The molecule has 5 rings (SSSR count). The van der Waals surface area contributed by atoms with E-state index in [1.165, 1.54) is 0 Å². The first-order valence-corrected chi connectivity index (χ1v) is 10.1. The Labute approximate surface area is 178 Å². The van der Waals surface area contributed by atoms with Crippen molar-refractivity contribution in [2.24, 2.45) is 0 Å². The molecule has 2 aromatic carbocycles. The van der Waals surface area contributed by atoms with Gasteiger partial charge in [0.05, 0.1) is 5.69 Å². The smallest absolute Gasteiger partial charge is 0.254 e. The second kappa shape index (κ2) is 7.84. The average Bonchev–Trinajstić information content (AvgIpc) is 3.27. The van der Waals surface area contributed by atoms with Crippen molar-refractivity contribution in [3.05, 3.63) is 65.2 Å². The van der Waals surface area contributed by atoms with Gasteiger partial charge in [-0.1, -0.05) is 23.7 Å². The van der Waals surface area contributed by atoms with Gasteiger partial charge in [-0.2, -0.15) is 0 Å². The largest absolute Gasteiger partial charge is 0.454 e. The summed E-state index contributed by atoms with van der Waals surface area (Å²) in [6.07, 6.45) is 0. The molecule has 0 bridgehead atoms. The highest BCUT2D eigenvalue weighted by molar-refractivity contribution is 6.30. The third kappa shape index (κ3) is 3.64. The molecule has 0 saturated carbocycles. The topological polar surface area (TPSA) is 67.8 Å². The Bertz CT molecular complexity index is 1060. The molecule has 7 nitrogen and oxygen atoms in total. The van der Waals surface area contributed by atoms with Crippen molar-refractivity contribution < 1.29 is 14.3 Å². The summed E-state index contributed by atoms with van der Waals surface area (Å²) in [4.78, 5) is 16.8. The maximum atomic E-state index is 12.8. The molecule has 0 N–H and O–H groups in total. The minimum absolute atomic E-state index is 0.00267. The van der Waals surface area contributed by atoms with Crippen LogP contribution in [0.25, 0.3) is 11.3 Å². The van der Waals surface area contributed by atoms with Crippen LogP contribution in [0, 0.1) is 0 Å². The lowest BCUT2D eigenvalue weighted by Crippen LogP contribution is -2.49. The molecule has 2 aliphatic rings. The summed E-state index contributed by atoms with van der Waals surface area (Å²) in [6, 6.07) is 16.7. The van der Waals surface area contributed by atoms with Crippen molar-refractivity contribution >= 4 is 23.3 Å². The van der Waals surface area contributed by atoms with Gasteiger partial charge in [0.2, 0.25) is 6.79 Å². The second-order valence-corrected chi connectivity index (χ2v) is 7.57. The van der Waals surface area contributed by atoms with E-state index in [2.05, 4.69) is 15.1 Å². The molecule has 30 heavy (non-hydrogen) atoms. The summed E-state index contributed by atoms with van der Waals surface area (Å²) in [5.41, 5.74) is 2.38. The number of amides is 1. The second-order valence-electron chi connectivity index (χ2n) is 7.13. The van der Waals surface area contributed by atoms with Crippen LogP contribution in [0.15, 0.2) is 54.6 Å². The van der Waals surface area contributed by atoms with Crippen molar-refractivity contribution in [2.75, 3.05) is 37.9 Å². The molecule has 1 aromatic heterocycles. The predicted octanol–water partition coefficient (Wildman–Crippen LogP) is 3.49. The third-order valence-corrected chi connectivity index (χ3v) is 5.55. The molecule has 1 saturated heterocycles. The Kier molecular flexibility index (Phi) is 4.88. The van der Waals surface area contributed by atoms with Crippen LogP contribution < -0.4 is 14.4 Å². The number of anilines is 1. The fourth-order valence-electron chi connectivity index (χ4n) is 3.62. The molecule has 8 heteroatoms. The summed E-state index contributed by atoms with van der Waals surface area (Å²) in [7, 11) is 0. The van der Waals surface area contributed by atoms with E-state index in [0.29, 0.717) is 48.3 Å². The van der Waals surface area contributed by atoms with Crippen molar-refractivity contribution in [3.63, 3.8) is 0 Å². The van der Waals surface area contributed by atoms with E-state index in [1.54, 1.807) is 18.2 Å². The van der Waals surface area contributed by atoms with Crippen LogP contribution in [-0.4, -0.2) is 54.0 Å². The highest BCUT2D eigenvalue weighted by atomic mass is 35.5.